The zero-order valence-corrected chi connectivity index (χ0v) is 14.2. The Hall–Kier alpha value is -0.370. The van der Waals surface area contributed by atoms with Gasteiger partial charge in [-0.2, -0.15) is 0 Å². The topological polar surface area (TPSA) is 61.4 Å². The Morgan fingerprint density at radius 2 is 1.86 bits per heavy atom. The normalized spacial score (nSPS) is 17.1. The number of halogens is 2. The number of piperidine rings is 1. The Morgan fingerprint density at radius 3 is 2.48 bits per heavy atom. The first-order valence-corrected chi connectivity index (χ1v) is 9.08. The summed E-state index contributed by atoms with van der Waals surface area (Å²) < 4.78 is 25.0. The van der Waals surface area contributed by atoms with E-state index in [1.165, 1.54) is 6.07 Å². The lowest BCUT2D eigenvalue weighted by molar-refractivity contribution is 0.200. The number of sulfonamides is 1. The molecule has 1 aliphatic heterocycles. The van der Waals surface area contributed by atoms with Crippen LogP contribution < -0.4 is 10.1 Å². The summed E-state index contributed by atoms with van der Waals surface area (Å²) in [6.07, 6.45) is 3.11. The molecular formula is C13H19Cl2N3O2S. The third kappa shape index (κ3) is 4.09. The first-order chi connectivity index (χ1) is 9.95. The maximum Gasteiger partial charge on any atom is 0.254 e. The summed E-state index contributed by atoms with van der Waals surface area (Å²) in [6.45, 7) is 1.84. The van der Waals surface area contributed by atoms with E-state index in [0.29, 0.717) is 30.2 Å². The van der Waals surface area contributed by atoms with Crippen molar-refractivity contribution < 1.29 is 8.42 Å². The van der Waals surface area contributed by atoms with Gasteiger partial charge in [0.05, 0.1) is 5.02 Å². The van der Waals surface area contributed by atoms with E-state index in [9.17, 15) is 8.42 Å². The number of hydrazine groups is 1. The van der Waals surface area contributed by atoms with Gasteiger partial charge in [-0.1, -0.05) is 29.6 Å². The first-order valence-electron chi connectivity index (χ1n) is 6.84. The van der Waals surface area contributed by atoms with E-state index in [4.69, 9.17) is 23.2 Å². The zero-order chi connectivity index (χ0) is 15.5. The van der Waals surface area contributed by atoms with Crippen LogP contribution in [0.4, 0.5) is 0 Å². The van der Waals surface area contributed by atoms with Gasteiger partial charge >= 0.3 is 0 Å². The molecule has 1 aromatic carbocycles. The second-order valence-electron chi connectivity index (χ2n) is 5.01. The van der Waals surface area contributed by atoms with Crippen molar-refractivity contribution in [1.29, 1.82) is 0 Å². The van der Waals surface area contributed by atoms with Crippen LogP contribution in [0.2, 0.25) is 10.0 Å². The predicted octanol–water partition coefficient (Wildman–Crippen LogP) is 2.39. The van der Waals surface area contributed by atoms with E-state index in [2.05, 4.69) is 10.1 Å². The van der Waals surface area contributed by atoms with E-state index < -0.39 is 10.0 Å². The molecule has 1 saturated heterocycles. The van der Waals surface area contributed by atoms with Gasteiger partial charge in [-0.3, -0.25) is 0 Å². The monoisotopic (exact) mass is 351 g/mol. The highest BCUT2D eigenvalue weighted by molar-refractivity contribution is 7.89. The Bertz CT molecular complexity index is 602. The van der Waals surface area contributed by atoms with Gasteiger partial charge in [0.1, 0.15) is 4.90 Å². The molecule has 5 nitrogen and oxygen atoms in total. The molecule has 2 N–H and O–H groups in total. The van der Waals surface area contributed by atoms with Crippen molar-refractivity contribution in [2.75, 3.05) is 20.1 Å². The lowest BCUT2D eigenvalue weighted by Gasteiger charge is -2.27. The molecule has 1 heterocycles. The molecular weight excluding hydrogens is 333 g/mol. The minimum Gasteiger partial charge on any atom is -0.316 e. The molecule has 0 unspecified atom stereocenters. The quantitative estimate of drug-likeness (QED) is 0.854. The minimum atomic E-state index is -3.69. The van der Waals surface area contributed by atoms with Crippen LogP contribution in [0, 0.1) is 0 Å². The molecule has 0 atom stereocenters. The Labute approximate surface area is 135 Å². The van der Waals surface area contributed by atoms with Crippen LogP contribution >= 0.6 is 23.2 Å². The molecule has 0 saturated carbocycles. The molecule has 0 radical (unpaired) electrons. The Morgan fingerprint density at radius 1 is 1.19 bits per heavy atom. The number of hydrogen-bond acceptors (Lipinski definition) is 4. The van der Waals surface area contributed by atoms with Gasteiger partial charge in [-0.05, 0) is 32.0 Å². The van der Waals surface area contributed by atoms with Gasteiger partial charge in [0.25, 0.3) is 10.0 Å². The smallest absolute Gasteiger partial charge is 0.254 e. The van der Waals surface area contributed by atoms with Gasteiger partial charge in [-0.15, -0.1) is 4.83 Å². The lowest BCUT2D eigenvalue weighted by Crippen LogP contribution is -2.45. The maximum absolute atomic E-state index is 12.5. The van der Waals surface area contributed by atoms with Crippen molar-refractivity contribution in [3.8, 4) is 0 Å². The molecule has 2 rings (SSSR count). The Kier molecular flexibility index (Phi) is 5.88. The van der Waals surface area contributed by atoms with Crippen molar-refractivity contribution in [1.82, 2.24) is 15.2 Å². The van der Waals surface area contributed by atoms with Gasteiger partial charge in [0.15, 0.2) is 0 Å². The molecule has 21 heavy (non-hydrogen) atoms. The van der Waals surface area contributed by atoms with Crippen molar-refractivity contribution in [3.05, 3.63) is 27.7 Å². The molecule has 0 spiro atoms. The van der Waals surface area contributed by atoms with Crippen LogP contribution in [0.15, 0.2) is 17.0 Å². The van der Waals surface area contributed by atoms with Gasteiger partial charge in [-0.25, -0.2) is 13.4 Å². The van der Waals surface area contributed by atoms with Gasteiger partial charge < -0.3 is 5.32 Å². The second-order valence-corrected chi connectivity index (χ2v) is 7.43. The molecule has 1 aromatic rings. The highest BCUT2D eigenvalue weighted by Gasteiger charge is 2.24. The molecule has 0 aliphatic carbocycles. The summed E-state index contributed by atoms with van der Waals surface area (Å²) in [6, 6.07) is 3.00. The maximum atomic E-state index is 12.5. The largest absolute Gasteiger partial charge is 0.316 e. The molecule has 8 heteroatoms. The minimum absolute atomic E-state index is 0.0596. The number of benzene rings is 1. The van der Waals surface area contributed by atoms with Crippen molar-refractivity contribution >= 4 is 33.2 Å². The number of rotatable bonds is 5. The first kappa shape index (κ1) is 17.0. The SMILES string of the molecule is CNCc1c(Cl)ccc(S(=O)(=O)NN2CCCCC2)c1Cl. The predicted molar refractivity (Wildman–Crippen MR) is 85.0 cm³/mol. The fourth-order valence-corrected chi connectivity index (χ4v) is 4.36. The summed E-state index contributed by atoms with van der Waals surface area (Å²) >= 11 is 12.3. The summed E-state index contributed by atoms with van der Waals surface area (Å²) in [5, 5.41) is 5.27. The van der Waals surface area contributed by atoms with Crippen LogP contribution in [0.3, 0.4) is 0 Å². The third-order valence-corrected chi connectivity index (χ3v) is 5.71. The fraction of sp³-hybridized carbons (Fsp3) is 0.538. The summed E-state index contributed by atoms with van der Waals surface area (Å²) in [4.78, 5) is 2.66. The van der Waals surface area contributed by atoms with Crippen LogP contribution in [-0.4, -0.2) is 33.6 Å². The van der Waals surface area contributed by atoms with E-state index in [0.717, 1.165) is 19.3 Å². The van der Waals surface area contributed by atoms with E-state index in [1.807, 2.05) is 0 Å². The molecule has 118 valence electrons. The number of hydrogen-bond donors (Lipinski definition) is 2. The molecule has 1 aliphatic rings. The average Bonchev–Trinajstić information content (AvgIpc) is 2.43. The van der Waals surface area contributed by atoms with Crippen molar-refractivity contribution in [3.63, 3.8) is 0 Å². The highest BCUT2D eigenvalue weighted by Crippen LogP contribution is 2.31. The lowest BCUT2D eigenvalue weighted by atomic mass is 10.2. The highest BCUT2D eigenvalue weighted by atomic mass is 35.5. The third-order valence-electron chi connectivity index (χ3n) is 3.40. The molecule has 0 aromatic heterocycles. The van der Waals surface area contributed by atoms with Crippen LogP contribution in [0.1, 0.15) is 24.8 Å². The standard InChI is InChI=1S/C13H19Cl2N3O2S/c1-16-9-10-11(14)5-6-12(13(10)15)21(19,20)17-18-7-3-2-4-8-18/h5-6,16-17H,2-4,7-9H2,1H3. The molecule has 1 fully saturated rings. The molecule has 0 amide bonds. The Balaban J connectivity index is 2.29. The van der Waals surface area contributed by atoms with E-state index >= 15 is 0 Å². The van der Waals surface area contributed by atoms with Crippen LogP contribution in [0.25, 0.3) is 0 Å². The zero-order valence-electron chi connectivity index (χ0n) is 11.8. The van der Waals surface area contributed by atoms with Crippen molar-refractivity contribution in [2.45, 2.75) is 30.7 Å². The average molecular weight is 352 g/mol. The number of nitrogens with zero attached hydrogens (tertiary/aromatic N) is 1. The second kappa shape index (κ2) is 7.26. The van der Waals surface area contributed by atoms with Crippen LogP contribution in [-0.2, 0) is 16.6 Å². The van der Waals surface area contributed by atoms with Crippen molar-refractivity contribution in [2.24, 2.45) is 0 Å². The molecule has 0 bridgehead atoms. The summed E-state index contributed by atoms with van der Waals surface area (Å²) in [7, 11) is -1.94. The van der Waals surface area contributed by atoms with Crippen LogP contribution in [0.5, 0.6) is 0 Å². The fourth-order valence-electron chi connectivity index (χ4n) is 2.33. The van der Waals surface area contributed by atoms with Gasteiger partial charge in [0, 0.05) is 30.2 Å². The van der Waals surface area contributed by atoms with E-state index in [1.54, 1.807) is 18.1 Å². The van der Waals surface area contributed by atoms with Gasteiger partial charge in [0.2, 0.25) is 0 Å². The number of nitrogens with one attached hydrogen (secondary N) is 2. The summed E-state index contributed by atoms with van der Waals surface area (Å²) in [5.74, 6) is 0. The summed E-state index contributed by atoms with van der Waals surface area (Å²) in [5.41, 5.74) is 0.586. The van der Waals surface area contributed by atoms with E-state index in [-0.39, 0.29) is 9.92 Å².